The quantitative estimate of drug-likeness (QED) is 0.721. The SMILES string of the molecule is CC[C@H](C(=O)NC)n1cc(-c2ccc(-c3nn[nH]n3)cc2)nn1. The van der Waals surface area contributed by atoms with Crippen molar-refractivity contribution < 1.29 is 4.79 Å². The fraction of sp³-hybridized carbons (Fsp3) is 0.286. The molecule has 0 unspecified atom stereocenters. The minimum Gasteiger partial charge on any atom is -0.357 e. The molecular weight excluding hydrogens is 296 g/mol. The second-order valence-electron chi connectivity index (χ2n) is 4.93. The number of aromatic amines is 1. The van der Waals surface area contributed by atoms with Crippen molar-refractivity contribution in [1.82, 2.24) is 40.9 Å². The molecule has 0 radical (unpaired) electrons. The number of hydrogen-bond donors (Lipinski definition) is 2. The third-order valence-electron chi connectivity index (χ3n) is 3.55. The van der Waals surface area contributed by atoms with Crippen molar-refractivity contribution in [3.8, 4) is 22.6 Å². The van der Waals surface area contributed by atoms with E-state index < -0.39 is 0 Å². The number of amides is 1. The van der Waals surface area contributed by atoms with Crippen LogP contribution in [0.5, 0.6) is 0 Å². The van der Waals surface area contributed by atoms with Crippen molar-refractivity contribution in [3.05, 3.63) is 30.5 Å². The standard InChI is InChI=1S/C14H16N8O/c1-3-12(14(23)15-2)22-8-11(16-21-22)9-4-6-10(7-5-9)13-17-19-20-18-13/h4-8,12H,3H2,1-2H3,(H,15,23)(H,17,18,19,20)/t12-/m1/s1. The number of nitrogens with zero attached hydrogens (tertiary/aromatic N) is 6. The zero-order valence-electron chi connectivity index (χ0n) is 12.8. The van der Waals surface area contributed by atoms with Crippen LogP contribution in [-0.2, 0) is 4.79 Å². The highest BCUT2D eigenvalue weighted by molar-refractivity contribution is 5.79. The van der Waals surface area contributed by atoms with Crippen molar-refractivity contribution in [2.45, 2.75) is 19.4 Å². The predicted octanol–water partition coefficient (Wildman–Crippen LogP) is 0.822. The Labute approximate surface area is 132 Å². The Balaban J connectivity index is 1.84. The summed E-state index contributed by atoms with van der Waals surface area (Å²) in [5, 5.41) is 24.7. The second kappa shape index (κ2) is 6.34. The van der Waals surface area contributed by atoms with Crippen molar-refractivity contribution in [2.75, 3.05) is 7.05 Å². The van der Waals surface area contributed by atoms with Crippen molar-refractivity contribution in [2.24, 2.45) is 0 Å². The zero-order chi connectivity index (χ0) is 16.2. The van der Waals surface area contributed by atoms with Crippen LogP contribution in [0, 0.1) is 0 Å². The molecule has 9 heteroatoms. The molecular formula is C14H16N8O. The van der Waals surface area contributed by atoms with E-state index in [1.165, 1.54) is 0 Å². The minimum atomic E-state index is -0.361. The summed E-state index contributed by atoms with van der Waals surface area (Å²) in [4.78, 5) is 11.8. The predicted molar refractivity (Wildman–Crippen MR) is 82.0 cm³/mol. The largest absolute Gasteiger partial charge is 0.357 e. The van der Waals surface area contributed by atoms with E-state index in [0.29, 0.717) is 17.9 Å². The lowest BCUT2D eigenvalue weighted by atomic mass is 10.1. The van der Waals surface area contributed by atoms with E-state index in [0.717, 1.165) is 11.1 Å². The smallest absolute Gasteiger partial charge is 0.244 e. The van der Waals surface area contributed by atoms with Crippen LogP contribution in [-0.4, -0.2) is 48.6 Å². The maximum atomic E-state index is 11.8. The van der Waals surface area contributed by atoms with Gasteiger partial charge in [0, 0.05) is 18.2 Å². The molecule has 0 bridgehead atoms. The molecule has 0 aliphatic heterocycles. The summed E-state index contributed by atoms with van der Waals surface area (Å²) in [6, 6.07) is 7.21. The first-order valence-corrected chi connectivity index (χ1v) is 7.20. The van der Waals surface area contributed by atoms with Crippen LogP contribution >= 0.6 is 0 Å². The van der Waals surface area contributed by atoms with Crippen LogP contribution in [0.3, 0.4) is 0 Å². The van der Waals surface area contributed by atoms with Crippen LogP contribution in [0.2, 0.25) is 0 Å². The molecule has 2 aromatic heterocycles. The second-order valence-corrected chi connectivity index (χ2v) is 4.93. The number of likely N-dealkylation sites (N-methyl/N-ethyl adjacent to an activating group) is 1. The van der Waals surface area contributed by atoms with Gasteiger partial charge in [-0.25, -0.2) is 4.68 Å². The molecule has 118 valence electrons. The first-order chi connectivity index (χ1) is 11.2. The maximum absolute atomic E-state index is 11.8. The van der Waals surface area contributed by atoms with Gasteiger partial charge in [0.2, 0.25) is 11.7 Å². The summed E-state index contributed by atoms with van der Waals surface area (Å²) >= 11 is 0. The van der Waals surface area contributed by atoms with Gasteiger partial charge in [-0.2, -0.15) is 5.21 Å². The minimum absolute atomic E-state index is 0.0867. The Bertz CT molecular complexity index is 777. The van der Waals surface area contributed by atoms with E-state index in [9.17, 15) is 4.79 Å². The van der Waals surface area contributed by atoms with Crippen molar-refractivity contribution in [3.63, 3.8) is 0 Å². The fourth-order valence-electron chi connectivity index (χ4n) is 2.29. The molecule has 3 rings (SSSR count). The van der Waals surface area contributed by atoms with Crippen LogP contribution in [0.1, 0.15) is 19.4 Å². The van der Waals surface area contributed by atoms with Crippen molar-refractivity contribution >= 4 is 5.91 Å². The number of nitrogens with one attached hydrogen (secondary N) is 2. The summed E-state index contributed by atoms with van der Waals surface area (Å²) in [6.07, 6.45) is 2.41. The number of aromatic nitrogens is 7. The summed E-state index contributed by atoms with van der Waals surface area (Å²) in [7, 11) is 1.61. The maximum Gasteiger partial charge on any atom is 0.244 e. The van der Waals surface area contributed by atoms with E-state index >= 15 is 0 Å². The van der Waals surface area contributed by atoms with E-state index in [2.05, 4.69) is 36.3 Å². The number of benzene rings is 1. The molecule has 0 saturated carbocycles. The van der Waals surface area contributed by atoms with E-state index in [1.807, 2.05) is 31.2 Å². The van der Waals surface area contributed by atoms with Crippen molar-refractivity contribution in [1.29, 1.82) is 0 Å². The van der Waals surface area contributed by atoms with Gasteiger partial charge in [-0.1, -0.05) is 36.4 Å². The molecule has 23 heavy (non-hydrogen) atoms. The third-order valence-corrected chi connectivity index (χ3v) is 3.55. The third kappa shape index (κ3) is 2.93. The molecule has 1 atom stereocenters. The monoisotopic (exact) mass is 312 g/mol. The lowest BCUT2D eigenvalue weighted by Gasteiger charge is -2.12. The van der Waals surface area contributed by atoms with Gasteiger partial charge < -0.3 is 5.32 Å². The highest BCUT2D eigenvalue weighted by Gasteiger charge is 2.19. The van der Waals surface area contributed by atoms with Gasteiger partial charge in [0.15, 0.2) is 0 Å². The molecule has 0 saturated heterocycles. The lowest BCUT2D eigenvalue weighted by molar-refractivity contribution is -0.124. The molecule has 2 heterocycles. The average Bonchev–Trinajstić information content (AvgIpc) is 3.27. The van der Waals surface area contributed by atoms with Gasteiger partial charge >= 0.3 is 0 Å². The molecule has 0 aliphatic rings. The highest BCUT2D eigenvalue weighted by Crippen LogP contribution is 2.22. The van der Waals surface area contributed by atoms with Gasteiger partial charge in [-0.3, -0.25) is 4.79 Å². The van der Waals surface area contributed by atoms with Gasteiger partial charge in [0.1, 0.15) is 11.7 Å². The zero-order valence-corrected chi connectivity index (χ0v) is 12.8. The molecule has 0 fully saturated rings. The summed E-state index contributed by atoms with van der Waals surface area (Å²) in [5.41, 5.74) is 2.45. The fourth-order valence-corrected chi connectivity index (χ4v) is 2.29. The van der Waals surface area contributed by atoms with Gasteiger partial charge in [0.05, 0.1) is 6.20 Å². The van der Waals surface area contributed by atoms with Gasteiger partial charge in [-0.15, -0.1) is 15.3 Å². The lowest BCUT2D eigenvalue weighted by Crippen LogP contribution is -2.29. The van der Waals surface area contributed by atoms with E-state index in [-0.39, 0.29) is 11.9 Å². The molecule has 0 aliphatic carbocycles. The Morgan fingerprint density at radius 3 is 2.61 bits per heavy atom. The summed E-state index contributed by atoms with van der Waals surface area (Å²) in [6.45, 7) is 1.93. The Hall–Kier alpha value is -3.10. The van der Waals surface area contributed by atoms with Crippen LogP contribution in [0.15, 0.2) is 30.5 Å². The molecule has 1 aromatic carbocycles. The van der Waals surface area contributed by atoms with Crippen LogP contribution in [0.25, 0.3) is 22.6 Å². The van der Waals surface area contributed by atoms with E-state index in [1.54, 1.807) is 17.9 Å². The number of tetrazole rings is 1. The normalized spacial score (nSPS) is 12.1. The Morgan fingerprint density at radius 1 is 1.26 bits per heavy atom. The Morgan fingerprint density at radius 2 is 2.00 bits per heavy atom. The van der Waals surface area contributed by atoms with Gasteiger partial charge in [0.25, 0.3) is 0 Å². The molecule has 3 aromatic rings. The average molecular weight is 312 g/mol. The Kier molecular flexibility index (Phi) is 4.09. The number of carbonyl (C=O) groups is 1. The number of carbonyl (C=O) groups excluding carboxylic acids is 1. The highest BCUT2D eigenvalue weighted by atomic mass is 16.2. The van der Waals surface area contributed by atoms with E-state index in [4.69, 9.17) is 0 Å². The topological polar surface area (TPSA) is 114 Å². The number of hydrogen-bond acceptors (Lipinski definition) is 6. The number of H-pyrrole nitrogens is 1. The molecule has 0 spiro atoms. The first-order valence-electron chi connectivity index (χ1n) is 7.20. The molecule has 2 N–H and O–H groups in total. The summed E-state index contributed by atoms with van der Waals surface area (Å²) < 4.78 is 1.58. The van der Waals surface area contributed by atoms with Gasteiger partial charge in [-0.05, 0) is 11.6 Å². The molecule has 9 nitrogen and oxygen atoms in total. The first kappa shape index (κ1) is 14.8. The summed E-state index contributed by atoms with van der Waals surface area (Å²) in [5.74, 6) is 0.447. The molecule has 1 amide bonds. The van der Waals surface area contributed by atoms with Crippen LogP contribution in [0.4, 0.5) is 0 Å². The number of rotatable bonds is 5. The van der Waals surface area contributed by atoms with Crippen LogP contribution < -0.4 is 5.32 Å².